The molecule has 2 aromatic carbocycles. The number of methoxy groups -OCH3 is 1. The number of nitrogens with one attached hydrogen (secondary N) is 2. The van der Waals surface area contributed by atoms with E-state index in [1.807, 2.05) is 0 Å². The lowest BCUT2D eigenvalue weighted by molar-refractivity contribution is -0.384. The molecule has 1 aliphatic rings. The van der Waals surface area contributed by atoms with Gasteiger partial charge in [0.2, 0.25) is 0 Å². The van der Waals surface area contributed by atoms with Crippen LogP contribution in [0.5, 0.6) is 5.75 Å². The van der Waals surface area contributed by atoms with Crippen LogP contribution in [0.4, 0.5) is 11.4 Å². The number of aryl methyl sites for hydroxylation is 1. The minimum absolute atomic E-state index is 0.104. The molecule has 174 valence electrons. The third-order valence-corrected chi connectivity index (χ3v) is 5.49. The molecule has 2 amide bonds. The predicted octanol–water partition coefficient (Wildman–Crippen LogP) is 4.23. The fourth-order valence-corrected chi connectivity index (χ4v) is 3.81. The fourth-order valence-electron chi connectivity index (χ4n) is 3.81. The molecular weight excluding hydrogens is 440 g/mol. The van der Waals surface area contributed by atoms with Crippen molar-refractivity contribution in [3.8, 4) is 5.75 Å². The Kier molecular flexibility index (Phi) is 6.39. The van der Waals surface area contributed by atoms with E-state index in [0.717, 1.165) is 6.42 Å². The van der Waals surface area contributed by atoms with Gasteiger partial charge in [0.05, 0.1) is 17.7 Å². The molecule has 0 fully saturated rings. The van der Waals surface area contributed by atoms with Gasteiger partial charge in [0.15, 0.2) is 5.76 Å². The Morgan fingerprint density at radius 3 is 2.59 bits per heavy atom. The molecule has 2 N–H and O–H groups in total. The Morgan fingerprint density at radius 1 is 1.12 bits per heavy atom. The highest BCUT2D eigenvalue weighted by Crippen LogP contribution is 2.30. The molecule has 1 aromatic heterocycles. The summed E-state index contributed by atoms with van der Waals surface area (Å²) in [5.74, 6) is 0.476. The Hall–Kier alpha value is -4.47. The van der Waals surface area contributed by atoms with E-state index in [-0.39, 0.29) is 23.0 Å². The van der Waals surface area contributed by atoms with E-state index in [0.29, 0.717) is 46.8 Å². The highest BCUT2D eigenvalue weighted by atomic mass is 16.6. The molecule has 4 rings (SSSR count). The first-order valence-corrected chi connectivity index (χ1v) is 10.6. The number of hydrogen-bond donors (Lipinski definition) is 2. The highest BCUT2D eigenvalue weighted by Gasteiger charge is 2.28. The molecule has 10 nitrogen and oxygen atoms in total. The van der Waals surface area contributed by atoms with Crippen LogP contribution in [-0.4, -0.2) is 29.6 Å². The van der Waals surface area contributed by atoms with Gasteiger partial charge in [-0.05, 0) is 50.1 Å². The average Bonchev–Trinajstić information content (AvgIpc) is 3.20. The quantitative estimate of drug-likeness (QED) is 0.416. The van der Waals surface area contributed by atoms with Crippen molar-refractivity contribution in [2.75, 3.05) is 12.4 Å². The lowest BCUT2D eigenvalue weighted by atomic mass is 9.93. The van der Waals surface area contributed by atoms with Gasteiger partial charge in [-0.3, -0.25) is 19.7 Å². The average molecular weight is 462 g/mol. The number of non-ortho nitro benzene ring substituents is 1. The number of anilines is 1. The zero-order valence-electron chi connectivity index (χ0n) is 18.6. The van der Waals surface area contributed by atoms with Crippen LogP contribution in [0.1, 0.15) is 50.6 Å². The Morgan fingerprint density at radius 2 is 1.88 bits per heavy atom. The highest BCUT2D eigenvalue weighted by molar-refractivity contribution is 6.09. The molecule has 1 heterocycles. The van der Waals surface area contributed by atoms with E-state index in [2.05, 4.69) is 15.8 Å². The van der Waals surface area contributed by atoms with E-state index in [4.69, 9.17) is 9.15 Å². The van der Waals surface area contributed by atoms with Crippen molar-refractivity contribution in [2.24, 2.45) is 5.10 Å². The Bertz CT molecular complexity index is 1290. The van der Waals surface area contributed by atoms with E-state index >= 15 is 0 Å². The van der Waals surface area contributed by atoms with E-state index < -0.39 is 10.8 Å². The molecule has 3 aromatic rings. The van der Waals surface area contributed by atoms with Gasteiger partial charge in [0.1, 0.15) is 11.5 Å². The van der Waals surface area contributed by atoms with Crippen molar-refractivity contribution in [2.45, 2.75) is 26.2 Å². The molecular formula is C24H22N4O6. The number of furan rings is 1. The molecule has 1 aliphatic carbocycles. The maximum absolute atomic E-state index is 12.8. The summed E-state index contributed by atoms with van der Waals surface area (Å²) in [6.45, 7) is 1.75. The first-order valence-electron chi connectivity index (χ1n) is 10.6. The molecule has 0 spiro atoms. The molecule has 0 aliphatic heterocycles. The van der Waals surface area contributed by atoms with Crippen LogP contribution in [0.25, 0.3) is 0 Å². The molecule has 0 unspecified atom stereocenters. The van der Waals surface area contributed by atoms with Gasteiger partial charge in [-0.2, -0.15) is 5.10 Å². The zero-order valence-corrected chi connectivity index (χ0v) is 18.6. The van der Waals surface area contributed by atoms with Gasteiger partial charge in [-0.1, -0.05) is 6.07 Å². The first kappa shape index (κ1) is 22.7. The second-order valence-corrected chi connectivity index (χ2v) is 7.70. The second-order valence-electron chi connectivity index (χ2n) is 7.70. The molecule has 34 heavy (non-hydrogen) atoms. The maximum atomic E-state index is 12.8. The molecule has 0 saturated heterocycles. The number of nitrogens with zero attached hydrogens (tertiary/aromatic N) is 2. The summed E-state index contributed by atoms with van der Waals surface area (Å²) in [7, 11) is 1.55. The lowest BCUT2D eigenvalue weighted by Gasteiger charge is -2.13. The Labute approximate surface area is 194 Å². The first-order chi connectivity index (χ1) is 16.4. The third-order valence-electron chi connectivity index (χ3n) is 5.49. The zero-order chi connectivity index (χ0) is 24.2. The van der Waals surface area contributed by atoms with Crippen molar-refractivity contribution in [3.05, 3.63) is 86.9 Å². The van der Waals surface area contributed by atoms with Crippen molar-refractivity contribution in [1.82, 2.24) is 5.43 Å². The molecule has 0 radical (unpaired) electrons. The minimum atomic E-state index is -0.532. The summed E-state index contributed by atoms with van der Waals surface area (Å²) in [5.41, 5.74) is 5.08. The van der Waals surface area contributed by atoms with Gasteiger partial charge in [0, 0.05) is 40.9 Å². The lowest BCUT2D eigenvalue weighted by Crippen LogP contribution is -2.22. The van der Waals surface area contributed by atoms with E-state index in [9.17, 15) is 19.7 Å². The van der Waals surface area contributed by atoms with Gasteiger partial charge in [-0.15, -0.1) is 0 Å². The number of benzene rings is 2. The number of amides is 2. The van der Waals surface area contributed by atoms with Crippen LogP contribution in [0, 0.1) is 17.0 Å². The molecule has 0 atom stereocenters. The van der Waals surface area contributed by atoms with Crippen LogP contribution < -0.4 is 15.5 Å². The SMILES string of the molecule is COc1ccc(C(=O)N/N=C2\CCCc3oc(C(=O)Nc4cccc([N+](=O)[O-])c4)c(C)c32)cc1. The van der Waals surface area contributed by atoms with Crippen molar-refractivity contribution in [1.29, 1.82) is 0 Å². The molecule has 0 saturated carbocycles. The summed E-state index contributed by atoms with van der Waals surface area (Å²) >= 11 is 0. The monoisotopic (exact) mass is 462 g/mol. The molecule has 10 heteroatoms. The van der Waals surface area contributed by atoms with Crippen molar-refractivity contribution < 1.29 is 23.7 Å². The van der Waals surface area contributed by atoms with Gasteiger partial charge in [-0.25, -0.2) is 5.43 Å². The largest absolute Gasteiger partial charge is 0.497 e. The summed E-state index contributed by atoms with van der Waals surface area (Å²) in [5, 5.41) is 17.9. The predicted molar refractivity (Wildman–Crippen MR) is 124 cm³/mol. The number of nitro benzene ring substituents is 1. The fraction of sp³-hybridized carbons (Fsp3) is 0.208. The number of ether oxygens (including phenoxy) is 1. The van der Waals surface area contributed by atoms with Crippen LogP contribution in [0.15, 0.2) is 58.0 Å². The van der Waals surface area contributed by atoms with Crippen LogP contribution in [0.2, 0.25) is 0 Å². The number of hydrogen-bond acceptors (Lipinski definition) is 7. The summed E-state index contributed by atoms with van der Waals surface area (Å²) < 4.78 is 10.9. The summed E-state index contributed by atoms with van der Waals surface area (Å²) in [4.78, 5) is 35.8. The number of carbonyl (C=O) groups excluding carboxylic acids is 2. The second kappa shape index (κ2) is 9.57. The van der Waals surface area contributed by atoms with Gasteiger partial charge < -0.3 is 14.5 Å². The van der Waals surface area contributed by atoms with Crippen molar-refractivity contribution in [3.63, 3.8) is 0 Å². The number of fused-ring (bicyclic) bond motifs is 1. The summed E-state index contributed by atoms with van der Waals surface area (Å²) in [6.07, 6.45) is 2.00. The Balaban J connectivity index is 1.54. The van der Waals surface area contributed by atoms with E-state index in [1.165, 1.54) is 18.2 Å². The number of rotatable bonds is 6. The number of nitro groups is 1. The van der Waals surface area contributed by atoms with Crippen LogP contribution in [-0.2, 0) is 6.42 Å². The van der Waals surface area contributed by atoms with Gasteiger partial charge >= 0.3 is 0 Å². The normalized spacial score (nSPS) is 13.8. The summed E-state index contributed by atoms with van der Waals surface area (Å²) in [6, 6.07) is 12.3. The minimum Gasteiger partial charge on any atom is -0.497 e. The van der Waals surface area contributed by atoms with Crippen molar-refractivity contribution >= 4 is 28.9 Å². The number of carbonyl (C=O) groups is 2. The molecule has 0 bridgehead atoms. The van der Waals surface area contributed by atoms with Crippen LogP contribution in [0.3, 0.4) is 0 Å². The standard InChI is InChI=1S/C24H22N4O6/c1-14-21-19(26-27-23(29)15-9-11-18(33-2)12-10-15)7-4-8-20(21)34-22(14)24(30)25-16-5-3-6-17(13-16)28(31)32/h3,5-6,9-13H,4,7-8H2,1-2H3,(H,25,30)(H,27,29)/b26-19+. The third kappa shape index (κ3) is 4.65. The smallest absolute Gasteiger partial charge is 0.291 e. The van der Waals surface area contributed by atoms with E-state index in [1.54, 1.807) is 44.4 Å². The van der Waals surface area contributed by atoms with Gasteiger partial charge in [0.25, 0.3) is 17.5 Å². The maximum Gasteiger partial charge on any atom is 0.291 e. The van der Waals surface area contributed by atoms with Crippen LogP contribution >= 0.6 is 0 Å². The topological polar surface area (TPSA) is 136 Å². The number of hydrazone groups is 1.